The summed E-state index contributed by atoms with van der Waals surface area (Å²) < 4.78 is 5.71. The highest BCUT2D eigenvalue weighted by Crippen LogP contribution is 2.35. The van der Waals surface area contributed by atoms with E-state index in [2.05, 4.69) is 10.6 Å². The molecule has 0 unspecified atom stereocenters. The second-order valence-electron chi connectivity index (χ2n) is 6.04. The number of carbonyl (C=O) groups excluding carboxylic acids is 2. The van der Waals surface area contributed by atoms with E-state index in [0.717, 1.165) is 25.7 Å². The van der Waals surface area contributed by atoms with Crippen LogP contribution in [0.5, 0.6) is 5.75 Å². The summed E-state index contributed by atoms with van der Waals surface area (Å²) >= 11 is 5.90. The summed E-state index contributed by atoms with van der Waals surface area (Å²) in [6, 6.07) is 5.05. The lowest BCUT2D eigenvalue weighted by atomic mass is 9.94. The number of halogens is 1. The molecule has 6 heteroatoms. The van der Waals surface area contributed by atoms with Gasteiger partial charge >= 0.3 is 0 Å². The first-order chi connectivity index (χ1) is 10.5. The number of amides is 2. The second kappa shape index (κ2) is 5.80. The van der Waals surface area contributed by atoms with Crippen molar-refractivity contribution in [1.29, 1.82) is 0 Å². The molecule has 1 saturated carbocycles. The Labute approximate surface area is 134 Å². The molecule has 2 N–H and O–H groups in total. The first kappa shape index (κ1) is 15.2. The topological polar surface area (TPSA) is 67.4 Å². The van der Waals surface area contributed by atoms with Gasteiger partial charge < -0.3 is 15.4 Å². The maximum atomic E-state index is 12.6. The molecule has 1 aromatic rings. The number of rotatable bonds is 2. The van der Waals surface area contributed by atoms with Gasteiger partial charge in [-0.25, -0.2) is 0 Å². The van der Waals surface area contributed by atoms with Crippen LogP contribution < -0.4 is 15.4 Å². The molecule has 2 aliphatic rings. The van der Waals surface area contributed by atoms with Crippen molar-refractivity contribution in [2.24, 2.45) is 0 Å². The summed E-state index contributed by atoms with van der Waals surface area (Å²) in [5.74, 6) is -0.418. The summed E-state index contributed by atoms with van der Waals surface area (Å²) in [4.78, 5) is 24.9. The van der Waals surface area contributed by atoms with Crippen LogP contribution in [0.1, 0.15) is 39.0 Å². The monoisotopic (exact) mass is 322 g/mol. The van der Waals surface area contributed by atoms with Crippen LogP contribution in [0.15, 0.2) is 18.2 Å². The minimum Gasteiger partial charge on any atom is -0.466 e. The number of nitrogens with one attached hydrogen (secondary N) is 2. The zero-order chi connectivity index (χ0) is 15.7. The minimum atomic E-state index is -1.56. The molecule has 1 atom stereocenters. The van der Waals surface area contributed by atoms with Crippen LogP contribution in [0.4, 0.5) is 5.69 Å². The van der Waals surface area contributed by atoms with Gasteiger partial charge in [-0.1, -0.05) is 30.9 Å². The van der Waals surface area contributed by atoms with E-state index in [4.69, 9.17) is 16.3 Å². The highest BCUT2D eigenvalue weighted by Gasteiger charge is 2.47. The van der Waals surface area contributed by atoms with Gasteiger partial charge in [-0.15, -0.1) is 0 Å². The van der Waals surface area contributed by atoms with Crippen LogP contribution >= 0.6 is 11.6 Å². The summed E-state index contributed by atoms with van der Waals surface area (Å²) in [6.07, 6.45) is 5.33. The van der Waals surface area contributed by atoms with Gasteiger partial charge in [0.25, 0.3) is 17.4 Å². The van der Waals surface area contributed by atoms with Crippen molar-refractivity contribution < 1.29 is 14.3 Å². The van der Waals surface area contributed by atoms with Crippen LogP contribution in [-0.4, -0.2) is 23.5 Å². The lowest BCUT2D eigenvalue weighted by Crippen LogP contribution is -2.60. The smallest absolute Gasteiger partial charge is 0.278 e. The Kier molecular flexibility index (Phi) is 4.00. The molecule has 1 aliphatic carbocycles. The summed E-state index contributed by atoms with van der Waals surface area (Å²) in [5.41, 5.74) is -1.07. The van der Waals surface area contributed by atoms with E-state index < -0.39 is 17.4 Å². The van der Waals surface area contributed by atoms with Crippen LogP contribution in [0.2, 0.25) is 5.02 Å². The molecule has 118 valence electrons. The van der Waals surface area contributed by atoms with Crippen LogP contribution in [0, 0.1) is 0 Å². The Morgan fingerprint density at radius 2 is 2.09 bits per heavy atom. The standard InChI is InChI=1S/C16H19ClN2O3/c1-16(14(20)18-11-5-3-2-4-6-11)15(21)19-12-9-10(17)7-8-13(12)22-16/h7-9,11H,2-6H2,1H3,(H,18,20)(H,19,21)/t16-/m1/s1. The molecule has 3 rings (SSSR count). The fourth-order valence-corrected chi connectivity index (χ4v) is 3.09. The van der Waals surface area contributed by atoms with Crippen molar-refractivity contribution in [2.45, 2.75) is 50.7 Å². The fourth-order valence-electron chi connectivity index (χ4n) is 2.92. The van der Waals surface area contributed by atoms with Gasteiger partial charge in [-0.05, 0) is 38.0 Å². The van der Waals surface area contributed by atoms with E-state index in [1.54, 1.807) is 18.2 Å². The third-order valence-corrected chi connectivity index (χ3v) is 4.55. The first-order valence-corrected chi connectivity index (χ1v) is 7.98. The van der Waals surface area contributed by atoms with Crippen molar-refractivity contribution in [2.75, 3.05) is 5.32 Å². The summed E-state index contributed by atoms with van der Waals surface area (Å²) in [6.45, 7) is 1.50. The van der Waals surface area contributed by atoms with Crippen molar-refractivity contribution in [3.8, 4) is 5.75 Å². The quantitative estimate of drug-likeness (QED) is 0.823. The zero-order valence-electron chi connectivity index (χ0n) is 12.4. The predicted octanol–water partition coefficient (Wildman–Crippen LogP) is 2.88. The molecule has 1 fully saturated rings. The van der Waals surface area contributed by atoms with Crippen molar-refractivity contribution in [1.82, 2.24) is 5.32 Å². The zero-order valence-corrected chi connectivity index (χ0v) is 13.2. The SMILES string of the molecule is C[C@]1(C(=O)NC2CCCCC2)Oc2ccc(Cl)cc2NC1=O. The van der Waals surface area contributed by atoms with Gasteiger partial charge in [0, 0.05) is 11.1 Å². The Bertz CT molecular complexity index is 613. The average molecular weight is 323 g/mol. The lowest BCUT2D eigenvalue weighted by molar-refractivity contribution is -0.147. The Morgan fingerprint density at radius 1 is 1.36 bits per heavy atom. The molecule has 0 saturated heterocycles. The molecular formula is C16H19ClN2O3. The van der Waals surface area contributed by atoms with Crippen molar-refractivity contribution in [3.63, 3.8) is 0 Å². The molecule has 0 bridgehead atoms. The Balaban J connectivity index is 1.78. The van der Waals surface area contributed by atoms with Gasteiger partial charge in [0.1, 0.15) is 5.75 Å². The second-order valence-corrected chi connectivity index (χ2v) is 6.47. The Hall–Kier alpha value is -1.75. The molecule has 22 heavy (non-hydrogen) atoms. The molecule has 0 spiro atoms. The van der Waals surface area contributed by atoms with Crippen molar-refractivity contribution >= 4 is 29.1 Å². The highest BCUT2D eigenvalue weighted by molar-refractivity contribution is 6.31. The number of hydrogen-bond acceptors (Lipinski definition) is 3. The molecule has 1 aromatic carbocycles. The van der Waals surface area contributed by atoms with E-state index in [-0.39, 0.29) is 6.04 Å². The summed E-state index contributed by atoms with van der Waals surface area (Å²) in [7, 11) is 0. The first-order valence-electron chi connectivity index (χ1n) is 7.60. The third-order valence-electron chi connectivity index (χ3n) is 4.31. The average Bonchev–Trinajstić information content (AvgIpc) is 2.50. The van der Waals surface area contributed by atoms with Crippen LogP contribution in [0.3, 0.4) is 0 Å². The van der Waals surface area contributed by atoms with Gasteiger partial charge in [0.15, 0.2) is 0 Å². The number of carbonyl (C=O) groups is 2. The molecule has 2 amide bonds. The van der Waals surface area contributed by atoms with E-state index in [0.29, 0.717) is 16.5 Å². The molecular weight excluding hydrogens is 304 g/mol. The van der Waals surface area contributed by atoms with Gasteiger partial charge in [-0.3, -0.25) is 9.59 Å². The number of hydrogen-bond donors (Lipinski definition) is 2. The largest absolute Gasteiger partial charge is 0.466 e. The van der Waals surface area contributed by atoms with E-state index in [1.807, 2.05) is 0 Å². The molecule has 0 aromatic heterocycles. The maximum Gasteiger partial charge on any atom is 0.278 e. The molecule has 1 heterocycles. The third kappa shape index (κ3) is 2.77. The van der Waals surface area contributed by atoms with E-state index in [1.165, 1.54) is 13.3 Å². The molecule has 0 radical (unpaired) electrons. The van der Waals surface area contributed by atoms with E-state index in [9.17, 15) is 9.59 Å². The van der Waals surface area contributed by atoms with Crippen LogP contribution in [-0.2, 0) is 9.59 Å². The highest BCUT2D eigenvalue weighted by atomic mass is 35.5. The number of fused-ring (bicyclic) bond motifs is 1. The van der Waals surface area contributed by atoms with Gasteiger partial charge in [0.05, 0.1) is 5.69 Å². The normalized spacial score (nSPS) is 24.9. The van der Waals surface area contributed by atoms with Gasteiger partial charge in [-0.2, -0.15) is 0 Å². The molecule has 1 aliphatic heterocycles. The Morgan fingerprint density at radius 3 is 2.82 bits per heavy atom. The number of benzene rings is 1. The number of ether oxygens (including phenoxy) is 1. The molecule has 5 nitrogen and oxygen atoms in total. The summed E-state index contributed by atoms with van der Waals surface area (Å²) in [5, 5.41) is 6.15. The maximum absolute atomic E-state index is 12.6. The number of anilines is 1. The van der Waals surface area contributed by atoms with Crippen LogP contribution in [0.25, 0.3) is 0 Å². The lowest BCUT2D eigenvalue weighted by Gasteiger charge is -2.35. The minimum absolute atomic E-state index is 0.126. The van der Waals surface area contributed by atoms with Crippen molar-refractivity contribution in [3.05, 3.63) is 23.2 Å². The fraction of sp³-hybridized carbons (Fsp3) is 0.500. The van der Waals surface area contributed by atoms with E-state index >= 15 is 0 Å². The predicted molar refractivity (Wildman–Crippen MR) is 84.1 cm³/mol. The van der Waals surface area contributed by atoms with Gasteiger partial charge in [0.2, 0.25) is 0 Å².